The minimum Gasteiger partial charge on any atom is -0.496 e. The second kappa shape index (κ2) is 8.08. The largest absolute Gasteiger partial charge is 0.496 e. The molecule has 3 aromatic rings. The average molecular weight is 363 g/mol. The Morgan fingerprint density at radius 2 is 1.96 bits per heavy atom. The molecule has 3 rings (SSSR count). The van der Waals surface area contributed by atoms with Crippen LogP contribution in [0.5, 0.6) is 5.75 Å². The minimum absolute atomic E-state index is 0.0192. The first-order valence-corrected chi connectivity index (χ1v) is 8.09. The van der Waals surface area contributed by atoms with E-state index in [9.17, 15) is 9.59 Å². The Kier molecular flexibility index (Phi) is 5.40. The number of ether oxygens (including phenoxy) is 1. The van der Waals surface area contributed by atoms with E-state index >= 15 is 0 Å². The van der Waals surface area contributed by atoms with Crippen molar-refractivity contribution >= 4 is 28.5 Å². The van der Waals surface area contributed by atoms with Crippen LogP contribution in [0.15, 0.2) is 48.5 Å². The lowest BCUT2D eigenvalue weighted by Crippen LogP contribution is -2.18. The summed E-state index contributed by atoms with van der Waals surface area (Å²) < 4.78 is 5.30. The highest BCUT2D eigenvalue weighted by atomic mass is 16.5. The molecule has 0 fully saturated rings. The highest BCUT2D eigenvalue weighted by Gasteiger charge is 2.08. The summed E-state index contributed by atoms with van der Waals surface area (Å²) in [5, 5.41) is 12.2. The molecule has 0 atom stereocenters. The molecule has 0 radical (unpaired) electrons. The van der Waals surface area contributed by atoms with Crippen LogP contribution in [0.2, 0.25) is 0 Å². The fourth-order valence-electron chi connectivity index (χ4n) is 2.56. The van der Waals surface area contributed by atoms with Crippen molar-refractivity contribution in [3.05, 3.63) is 59.7 Å². The number of H-pyrrole nitrogens is 1. The maximum Gasteiger partial charge on any atom is 0.274 e. The molecule has 136 valence electrons. The van der Waals surface area contributed by atoms with E-state index in [1.54, 1.807) is 24.7 Å². The monoisotopic (exact) mass is 363 g/mol. The molecule has 7 heteroatoms. The molecule has 2 amide bonds. The number of aromatic amines is 1. The Morgan fingerprint density at radius 1 is 1.19 bits per heavy atom. The van der Waals surface area contributed by atoms with Gasteiger partial charge in [0.1, 0.15) is 11.6 Å². The fourth-order valence-corrected chi connectivity index (χ4v) is 2.56. The Morgan fingerprint density at radius 3 is 2.67 bits per heavy atom. The smallest absolute Gasteiger partial charge is 0.274 e. The molecule has 0 aliphatic heterocycles. The van der Waals surface area contributed by atoms with Crippen LogP contribution in [-0.4, -0.2) is 29.1 Å². The van der Waals surface area contributed by atoms with E-state index in [0.717, 1.165) is 16.7 Å². The number of amides is 2. The zero-order valence-electron chi connectivity index (χ0n) is 14.5. The van der Waals surface area contributed by atoms with Crippen molar-refractivity contribution in [3.63, 3.8) is 0 Å². The molecular weight excluding hydrogens is 346 g/mol. The van der Waals surface area contributed by atoms with E-state index in [1.165, 1.54) is 12.1 Å². The van der Waals surface area contributed by atoms with Gasteiger partial charge in [0.25, 0.3) is 5.91 Å². The predicted octanol–water partition coefficient (Wildman–Crippen LogP) is 2.68. The van der Waals surface area contributed by atoms with Crippen LogP contribution in [0.4, 0.5) is 5.82 Å². The standard InChI is InChI=1S/C20H17N3O4/c1-27-17-6-3-5-16-15(17)12-18(21-16)22-19(24)7-2-4-13-8-10-14(11-9-13)20(25)23-26/h3,5-6,8-12,21,26H,7H2,1H3,(H,22,24)(H,23,25). The highest BCUT2D eigenvalue weighted by molar-refractivity contribution is 5.96. The van der Waals surface area contributed by atoms with Gasteiger partial charge in [0.15, 0.2) is 0 Å². The molecule has 0 spiro atoms. The summed E-state index contributed by atoms with van der Waals surface area (Å²) in [4.78, 5) is 26.4. The first-order valence-electron chi connectivity index (χ1n) is 8.09. The van der Waals surface area contributed by atoms with Gasteiger partial charge in [0.2, 0.25) is 5.91 Å². The lowest BCUT2D eigenvalue weighted by Gasteiger charge is -1.99. The molecule has 0 bridgehead atoms. The molecule has 4 N–H and O–H groups in total. The van der Waals surface area contributed by atoms with E-state index in [4.69, 9.17) is 9.94 Å². The first kappa shape index (κ1) is 18.0. The number of benzene rings is 2. The third-order valence-electron chi connectivity index (χ3n) is 3.85. The molecule has 7 nitrogen and oxygen atoms in total. The molecule has 0 aliphatic rings. The summed E-state index contributed by atoms with van der Waals surface area (Å²) in [7, 11) is 1.60. The summed E-state index contributed by atoms with van der Waals surface area (Å²) in [6, 6.07) is 13.8. The van der Waals surface area contributed by atoms with Crippen molar-refractivity contribution < 1.29 is 19.5 Å². The molecule has 2 aromatic carbocycles. The maximum absolute atomic E-state index is 12.1. The van der Waals surface area contributed by atoms with Gasteiger partial charge >= 0.3 is 0 Å². The number of anilines is 1. The predicted molar refractivity (Wildman–Crippen MR) is 101 cm³/mol. The Bertz CT molecular complexity index is 1040. The van der Waals surface area contributed by atoms with Crippen molar-refractivity contribution in [3.8, 4) is 17.6 Å². The number of hydrogen-bond donors (Lipinski definition) is 4. The fraction of sp³-hybridized carbons (Fsp3) is 0.100. The SMILES string of the molecule is COc1cccc2[nH]c(NC(=O)CC#Cc3ccc(C(=O)NO)cc3)cc12. The molecule has 1 aromatic heterocycles. The van der Waals surface area contributed by atoms with Crippen molar-refractivity contribution in [2.75, 3.05) is 12.4 Å². The van der Waals surface area contributed by atoms with Gasteiger partial charge in [-0.3, -0.25) is 14.8 Å². The third-order valence-corrected chi connectivity index (χ3v) is 3.85. The maximum atomic E-state index is 12.1. The van der Waals surface area contributed by atoms with Crippen LogP contribution in [0.25, 0.3) is 10.9 Å². The normalized spacial score (nSPS) is 10.0. The summed E-state index contributed by atoms with van der Waals surface area (Å²) in [6.45, 7) is 0. The highest BCUT2D eigenvalue weighted by Crippen LogP contribution is 2.27. The van der Waals surface area contributed by atoms with Gasteiger partial charge in [-0.15, -0.1) is 0 Å². The van der Waals surface area contributed by atoms with E-state index in [1.807, 2.05) is 24.3 Å². The van der Waals surface area contributed by atoms with E-state index < -0.39 is 5.91 Å². The van der Waals surface area contributed by atoms with E-state index in [2.05, 4.69) is 22.1 Å². The Balaban J connectivity index is 1.62. The number of fused-ring (bicyclic) bond motifs is 1. The molecule has 1 heterocycles. The van der Waals surface area contributed by atoms with Crippen molar-refractivity contribution in [1.82, 2.24) is 10.5 Å². The number of carbonyl (C=O) groups excluding carboxylic acids is 2. The zero-order chi connectivity index (χ0) is 19.2. The number of aromatic nitrogens is 1. The van der Waals surface area contributed by atoms with Gasteiger partial charge < -0.3 is 15.0 Å². The van der Waals surface area contributed by atoms with Gasteiger partial charge in [-0.25, -0.2) is 5.48 Å². The van der Waals surface area contributed by atoms with Crippen LogP contribution < -0.4 is 15.5 Å². The number of methoxy groups -OCH3 is 1. The number of carbonyl (C=O) groups is 2. The van der Waals surface area contributed by atoms with Gasteiger partial charge in [0.05, 0.1) is 19.0 Å². The van der Waals surface area contributed by atoms with Gasteiger partial charge in [-0.1, -0.05) is 17.9 Å². The van der Waals surface area contributed by atoms with E-state index in [0.29, 0.717) is 16.9 Å². The molecule has 0 saturated carbocycles. The quantitative estimate of drug-likeness (QED) is 0.325. The van der Waals surface area contributed by atoms with Crippen molar-refractivity contribution in [1.29, 1.82) is 0 Å². The zero-order valence-corrected chi connectivity index (χ0v) is 14.5. The molecule has 27 heavy (non-hydrogen) atoms. The molecule has 0 aliphatic carbocycles. The minimum atomic E-state index is -0.594. The van der Waals surface area contributed by atoms with Crippen molar-refractivity contribution in [2.24, 2.45) is 0 Å². The topological polar surface area (TPSA) is 103 Å². The van der Waals surface area contributed by atoms with Gasteiger partial charge in [-0.2, -0.15) is 0 Å². The summed E-state index contributed by atoms with van der Waals surface area (Å²) in [6.07, 6.45) is 0.0192. The van der Waals surface area contributed by atoms with Crippen LogP contribution in [0.3, 0.4) is 0 Å². The lowest BCUT2D eigenvalue weighted by atomic mass is 10.1. The second-order valence-electron chi connectivity index (χ2n) is 5.65. The average Bonchev–Trinajstić information content (AvgIpc) is 3.10. The molecular formula is C20H17N3O4. The van der Waals surface area contributed by atoms with E-state index in [-0.39, 0.29) is 12.3 Å². The second-order valence-corrected chi connectivity index (χ2v) is 5.65. The van der Waals surface area contributed by atoms with Crippen LogP contribution >= 0.6 is 0 Å². The first-order chi connectivity index (χ1) is 13.1. The lowest BCUT2D eigenvalue weighted by molar-refractivity contribution is -0.115. The summed E-state index contributed by atoms with van der Waals surface area (Å²) in [5.41, 5.74) is 3.40. The third kappa shape index (κ3) is 4.26. The number of rotatable bonds is 4. The van der Waals surface area contributed by atoms with Crippen LogP contribution in [0.1, 0.15) is 22.3 Å². The van der Waals surface area contributed by atoms with Crippen LogP contribution in [-0.2, 0) is 4.79 Å². The Hall–Kier alpha value is -3.76. The van der Waals surface area contributed by atoms with Crippen molar-refractivity contribution in [2.45, 2.75) is 6.42 Å². The van der Waals surface area contributed by atoms with Crippen LogP contribution in [0, 0.1) is 11.8 Å². The number of hydroxylamine groups is 1. The Labute approximate surface area is 155 Å². The number of hydrogen-bond acceptors (Lipinski definition) is 4. The van der Waals surface area contributed by atoms with Gasteiger partial charge in [-0.05, 0) is 42.5 Å². The molecule has 0 saturated heterocycles. The summed E-state index contributed by atoms with van der Waals surface area (Å²) >= 11 is 0. The van der Waals surface area contributed by atoms with Gasteiger partial charge in [0, 0.05) is 16.5 Å². The number of nitrogens with one attached hydrogen (secondary N) is 3. The molecule has 0 unspecified atom stereocenters. The summed E-state index contributed by atoms with van der Waals surface area (Å²) in [5.74, 6) is 6.10.